The van der Waals surface area contributed by atoms with Crippen LogP contribution in [-0.2, 0) is 0 Å². The average molecular weight is 180 g/mol. The van der Waals surface area contributed by atoms with Gasteiger partial charge in [0.1, 0.15) is 11.5 Å². The maximum Gasteiger partial charge on any atom is 0.139 e. The van der Waals surface area contributed by atoms with Gasteiger partial charge in [0.2, 0.25) is 0 Å². The Morgan fingerprint density at radius 2 is 2.46 bits per heavy atom. The van der Waals surface area contributed by atoms with Crippen LogP contribution in [-0.4, -0.2) is 11.7 Å². The molecule has 2 rings (SSSR count). The number of hydrogen-bond acceptors (Lipinski definition) is 3. The largest absolute Gasteiger partial charge is 0.361 e. The van der Waals surface area contributed by atoms with Gasteiger partial charge in [-0.1, -0.05) is 19.0 Å². The van der Waals surface area contributed by atoms with Gasteiger partial charge in [-0.15, -0.1) is 0 Å². The molecule has 0 bridgehead atoms. The first-order valence-corrected chi connectivity index (χ1v) is 4.97. The van der Waals surface area contributed by atoms with Crippen LogP contribution in [0.25, 0.3) is 0 Å². The summed E-state index contributed by atoms with van der Waals surface area (Å²) in [7, 11) is 0. The van der Waals surface area contributed by atoms with Gasteiger partial charge in [0.15, 0.2) is 0 Å². The molecule has 1 aliphatic rings. The Balaban J connectivity index is 2.12. The van der Waals surface area contributed by atoms with Crippen LogP contribution in [0.15, 0.2) is 10.6 Å². The van der Waals surface area contributed by atoms with E-state index >= 15 is 0 Å². The molecular formula is C10H16N2O. The Morgan fingerprint density at radius 1 is 1.62 bits per heavy atom. The minimum absolute atomic E-state index is 0.427. The van der Waals surface area contributed by atoms with E-state index in [0.717, 1.165) is 18.0 Å². The van der Waals surface area contributed by atoms with Crippen molar-refractivity contribution in [3.63, 3.8) is 0 Å². The Labute approximate surface area is 78.5 Å². The van der Waals surface area contributed by atoms with Gasteiger partial charge in [-0.05, 0) is 19.4 Å². The lowest BCUT2D eigenvalue weighted by atomic mass is 10.1. The molecule has 72 valence electrons. The normalized spacial score (nSPS) is 22.8. The standard InChI is InChI=1S/C10H16N2O/c1-7(2)10-6-9(12-13-10)8-4-3-5-11-8/h6-8,11H,3-5H2,1-2H3/t8-/m0/s1. The first kappa shape index (κ1) is 8.75. The van der Waals surface area contributed by atoms with Crippen LogP contribution in [0, 0.1) is 0 Å². The van der Waals surface area contributed by atoms with Gasteiger partial charge in [0.05, 0.1) is 6.04 Å². The third-order valence-corrected chi connectivity index (χ3v) is 2.53. The van der Waals surface area contributed by atoms with Gasteiger partial charge in [-0.2, -0.15) is 0 Å². The number of nitrogens with one attached hydrogen (secondary N) is 1. The Kier molecular flexibility index (Phi) is 2.36. The number of nitrogens with zero attached hydrogens (tertiary/aromatic N) is 1. The maximum atomic E-state index is 5.25. The first-order valence-electron chi connectivity index (χ1n) is 4.97. The van der Waals surface area contributed by atoms with Crippen molar-refractivity contribution in [1.29, 1.82) is 0 Å². The van der Waals surface area contributed by atoms with Crippen LogP contribution in [0.1, 0.15) is 50.1 Å². The van der Waals surface area contributed by atoms with Crippen molar-refractivity contribution in [2.24, 2.45) is 0 Å². The topological polar surface area (TPSA) is 38.1 Å². The van der Waals surface area contributed by atoms with Crippen molar-refractivity contribution < 1.29 is 4.52 Å². The van der Waals surface area contributed by atoms with E-state index in [4.69, 9.17) is 4.52 Å². The van der Waals surface area contributed by atoms with Gasteiger partial charge in [-0.3, -0.25) is 0 Å². The molecule has 0 aliphatic carbocycles. The van der Waals surface area contributed by atoms with Crippen LogP contribution < -0.4 is 5.32 Å². The first-order chi connectivity index (χ1) is 6.27. The predicted molar refractivity (Wildman–Crippen MR) is 50.6 cm³/mol. The molecule has 0 unspecified atom stereocenters. The van der Waals surface area contributed by atoms with Crippen LogP contribution in [0.3, 0.4) is 0 Å². The summed E-state index contributed by atoms with van der Waals surface area (Å²) in [5.41, 5.74) is 1.07. The molecule has 3 nitrogen and oxygen atoms in total. The monoisotopic (exact) mass is 180 g/mol. The minimum atomic E-state index is 0.427. The van der Waals surface area contributed by atoms with Crippen molar-refractivity contribution in [3.8, 4) is 0 Å². The Morgan fingerprint density at radius 3 is 3.00 bits per heavy atom. The average Bonchev–Trinajstić information content (AvgIpc) is 2.75. The summed E-state index contributed by atoms with van der Waals surface area (Å²) in [4.78, 5) is 0. The highest BCUT2D eigenvalue weighted by molar-refractivity contribution is 5.13. The second-order valence-electron chi connectivity index (χ2n) is 3.96. The maximum absolute atomic E-state index is 5.25. The zero-order chi connectivity index (χ0) is 9.26. The number of rotatable bonds is 2. The number of hydrogen-bond donors (Lipinski definition) is 1. The van der Waals surface area contributed by atoms with E-state index in [0.29, 0.717) is 12.0 Å². The lowest BCUT2D eigenvalue weighted by molar-refractivity contribution is 0.360. The van der Waals surface area contributed by atoms with Crippen LogP contribution >= 0.6 is 0 Å². The van der Waals surface area contributed by atoms with E-state index in [1.54, 1.807) is 0 Å². The molecule has 1 atom stereocenters. The smallest absolute Gasteiger partial charge is 0.139 e. The van der Waals surface area contributed by atoms with Crippen LogP contribution in [0.5, 0.6) is 0 Å². The summed E-state index contributed by atoms with van der Waals surface area (Å²) in [5, 5.41) is 7.48. The molecule has 1 fully saturated rings. The van der Waals surface area contributed by atoms with E-state index in [2.05, 4.69) is 30.4 Å². The molecule has 2 heterocycles. The summed E-state index contributed by atoms with van der Waals surface area (Å²) in [5.74, 6) is 1.42. The molecule has 3 heteroatoms. The summed E-state index contributed by atoms with van der Waals surface area (Å²) in [6, 6.07) is 2.50. The van der Waals surface area contributed by atoms with Crippen LogP contribution in [0.4, 0.5) is 0 Å². The highest BCUT2D eigenvalue weighted by atomic mass is 16.5. The molecule has 1 aliphatic heterocycles. The second-order valence-corrected chi connectivity index (χ2v) is 3.96. The number of aromatic nitrogens is 1. The lowest BCUT2D eigenvalue weighted by Crippen LogP contribution is -2.12. The van der Waals surface area contributed by atoms with Gasteiger partial charge >= 0.3 is 0 Å². The van der Waals surface area contributed by atoms with Gasteiger partial charge in [-0.25, -0.2) is 0 Å². The van der Waals surface area contributed by atoms with E-state index in [-0.39, 0.29) is 0 Å². The molecule has 0 amide bonds. The quantitative estimate of drug-likeness (QED) is 0.758. The summed E-state index contributed by atoms with van der Waals surface area (Å²) in [6.07, 6.45) is 2.43. The van der Waals surface area contributed by atoms with Crippen molar-refractivity contribution in [2.45, 2.75) is 38.6 Å². The molecule has 1 saturated heterocycles. The van der Waals surface area contributed by atoms with Gasteiger partial charge in [0.25, 0.3) is 0 Å². The molecule has 1 aromatic rings. The Bertz CT molecular complexity index is 274. The fourth-order valence-corrected chi connectivity index (χ4v) is 1.68. The highest BCUT2D eigenvalue weighted by Crippen LogP contribution is 2.24. The second kappa shape index (κ2) is 3.50. The van der Waals surface area contributed by atoms with Crippen molar-refractivity contribution in [1.82, 2.24) is 10.5 Å². The fourth-order valence-electron chi connectivity index (χ4n) is 1.68. The van der Waals surface area contributed by atoms with E-state index < -0.39 is 0 Å². The molecule has 0 spiro atoms. The fraction of sp³-hybridized carbons (Fsp3) is 0.700. The zero-order valence-electron chi connectivity index (χ0n) is 8.21. The van der Waals surface area contributed by atoms with Crippen molar-refractivity contribution in [3.05, 3.63) is 17.5 Å². The third-order valence-electron chi connectivity index (χ3n) is 2.53. The molecule has 1 N–H and O–H groups in total. The molecular weight excluding hydrogens is 164 g/mol. The lowest BCUT2D eigenvalue weighted by Gasteiger charge is -2.03. The molecule has 1 aromatic heterocycles. The van der Waals surface area contributed by atoms with Gasteiger partial charge in [0, 0.05) is 12.0 Å². The third kappa shape index (κ3) is 1.75. The van der Waals surface area contributed by atoms with Crippen LogP contribution in [0.2, 0.25) is 0 Å². The summed E-state index contributed by atoms with van der Waals surface area (Å²) < 4.78 is 5.25. The predicted octanol–water partition coefficient (Wildman–Crippen LogP) is 2.22. The summed E-state index contributed by atoms with van der Waals surface area (Å²) in [6.45, 7) is 5.34. The van der Waals surface area contributed by atoms with E-state index in [1.807, 2.05) is 0 Å². The SMILES string of the molecule is CC(C)c1cc([C@@H]2CCCN2)no1. The molecule has 0 radical (unpaired) electrons. The van der Waals surface area contributed by atoms with E-state index in [9.17, 15) is 0 Å². The van der Waals surface area contributed by atoms with Crippen molar-refractivity contribution in [2.75, 3.05) is 6.54 Å². The van der Waals surface area contributed by atoms with Crippen molar-refractivity contribution >= 4 is 0 Å². The Hall–Kier alpha value is -0.830. The minimum Gasteiger partial charge on any atom is -0.361 e. The molecule has 0 aromatic carbocycles. The molecule has 13 heavy (non-hydrogen) atoms. The summed E-state index contributed by atoms with van der Waals surface area (Å²) >= 11 is 0. The molecule has 0 saturated carbocycles. The zero-order valence-corrected chi connectivity index (χ0v) is 8.21. The highest BCUT2D eigenvalue weighted by Gasteiger charge is 2.20. The van der Waals surface area contributed by atoms with Gasteiger partial charge < -0.3 is 9.84 Å². The van der Waals surface area contributed by atoms with E-state index in [1.165, 1.54) is 12.8 Å².